The summed E-state index contributed by atoms with van der Waals surface area (Å²) < 4.78 is 0. The van der Waals surface area contributed by atoms with Crippen molar-refractivity contribution >= 4 is 23.9 Å². The maximum Gasteiger partial charge on any atom is 6.00 e. The first-order chi connectivity index (χ1) is 15.2. The third-order valence-electron chi connectivity index (χ3n) is 2.17. The molecule has 26 heteroatoms. The molecule has 0 aliphatic heterocycles. The molecule has 4 N–H and O–H groups in total. The van der Waals surface area contributed by atoms with Gasteiger partial charge in [-0.3, -0.25) is 29.0 Å². The molecule has 0 unspecified atom stereocenters. The fraction of sp³-hybridized carbons (Fsp3) is 0.375. The van der Waals surface area contributed by atoms with Crippen molar-refractivity contribution in [3.05, 3.63) is 39.4 Å². The van der Waals surface area contributed by atoms with Crippen LogP contribution >= 0.6 is 0 Å². The maximum absolute atomic E-state index is 10.6. The molecule has 0 saturated heterocycles. The van der Waals surface area contributed by atoms with Crippen LogP contribution in [0.15, 0.2) is 0 Å². The number of rotatable bonds is 11. The summed E-state index contributed by atoms with van der Waals surface area (Å²) in [5.41, 5.74) is 0. The van der Waals surface area contributed by atoms with Crippen molar-refractivity contribution in [3.8, 4) is 0 Å². The van der Waals surface area contributed by atoms with E-state index in [1.807, 2.05) is 0 Å². The SMILES string of the molecule is O=C(O)CN(CCN(CC(=O)O)CC(=O)O)CC(=O)O.[C-]#N.[C-]#N.[C-]#N.[C-]#N.[C-]#N.[C-]#N.[Fe+6].[Fe].[H-].[H-].[H-].[H-].[H-].[H-].[H-].[H-].[K+].[K+].[K+].[K+].[K+].[K+].[K+].[Na+]. The van der Waals surface area contributed by atoms with Gasteiger partial charge in [-0.15, -0.1) is 0 Å². The van der Waals surface area contributed by atoms with E-state index in [4.69, 9.17) is 91.4 Å². The molecule has 16 nitrogen and oxygen atoms in total. The second-order valence-electron chi connectivity index (χ2n) is 4.00. The van der Waals surface area contributed by atoms with Crippen LogP contribution in [0.1, 0.15) is 11.4 Å². The first-order valence-electron chi connectivity index (χ1n) is 6.86. The van der Waals surface area contributed by atoms with E-state index in [-0.39, 0.29) is 448 Å². The largest absolute Gasteiger partial charge is 6.00 e. The Morgan fingerprint density at radius 3 is 0.619 bits per heavy atom. The van der Waals surface area contributed by atoms with Crippen molar-refractivity contribution < 1.29 is 474 Å². The minimum atomic E-state index is -1.23. The van der Waals surface area contributed by atoms with E-state index in [1.165, 1.54) is 0 Å². The Kier molecular flexibility index (Phi) is 289. The Morgan fingerprint density at radius 1 is 0.452 bits per heavy atom. The number of hydrogen-bond acceptors (Lipinski definition) is 12. The molecule has 0 aliphatic carbocycles. The van der Waals surface area contributed by atoms with Gasteiger partial charge in [-0.25, -0.2) is 0 Å². The maximum atomic E-state index is 10.6. The average Bonchev–Trinajstić information content (AvgIpc) is 2.79. The normalized spacial score (nSPS) is 5.38. The smallest absolute Gasteiger partial charge is 1.00 e. The number of carbonyl (C=O) groups is 4. The number of carboxylic acids is 4. The predicted octanol–water partition coefficient (Wildman–Crippen LogP) is -24.6. The zero-order chi connectivity index (χ0) is 27.7. The van der Waals surface area contributed by atoms with E-state index in [0.717, 1.165) is 9.80 Å². The monoisotopic (exact) mass is 864 g/mol. The van der Waals surface area contributed by atoms with Crippen molar-refractivity contribution in [2.45, 2.75) is 0 Å². The molecule has 200 valence electrons. The molecule has 0 aromatic rings. The molecular formula is C16H24Fe2K7N8NaO8. The molecule has 0 amide bonds. The summed E-state index contributed by atoms with van der Waals surface area (Å²) in [6.45, 7) is 26.2. The van der Waals surface area contributed by atoms with Gasteiger partial charge in [0, 0.05) is 30.2 Å². The van der Waals surface area contributed by atoms with Gasteiger partial charge in [0.05, 0.1) is 26.2 Å². The molecule has 0 bridgehead atoms. The number of aliphatic carboxylic acids is 4. The summed E-state index contributed by atoms with van der Waals surface area (Å²) in [6.07, 6.45) is 0. The van der Waals surface area contributed by atoms with E-state index >= 15 is 0 Å². The van der Waals surface area contributed by atoms with Gasteiger partial charge in [0.1, 0.15) is 0 Å². The standard InChI is InChI=1S/C10H16N2O8.6CN.2Fe.7K.Na.8H/c13-7(14)3-11(4-8(15)16)1-2-12(5-9(17)18)6-10(19)20;6*1-2;;;;;;;;;;;;;;;;;;/h1-6H2,(H,13,14)(H,15,16)(H,17,18)(H,19,20);;;;;;;;;;;;;;;;;;;;;;;;/q;6*-1;;+6;8*+1;8*-1. The van der Waals surface area contributed by atoms with Crippen LogP contribution in [0.5, 0.6) is 0 Å². The fourth-order valence-electron chi connectivity index (χ4n) is 1.48. The van der Waals surface area contributed by atoms with Crippen molar-refractivity contribution in [1.82, 2.24) is 9.80 Å². The van der Waals surface area contributed by atoms with Gasteiger partial charge >= 0.3 is 430 Å². The Morgan fingerprint density at radius 2 is 0.548 bits per heavy atom. The Labute approximate surface area is 600 Å². The zero-order valence-electron chi connectivity index (χ0n) is 32.9. The summed E-state index contributed by atoms with van der Waals surface area (Å²) in [4.78, 5) is 44.4. The topological polar surface area (TPSA) is 298 Å². The zero-order valence-corrected chi connectivity index (χ0v) is 51.0. The van der Waals surface area contributed by atoms with Crippen LogP contribution in [-0.2, 0) is 53.3 Å². The predicted molar refractivity (Wildman–Crippen MR) is 102 cm³/mol. The van der Waals surface area contributed by atoms with E-state index < -0.39 is 50.1 Å². The summed E-state index contributed by atoms with van der Waals surface area (Å²) in [5, 5.41) is 72.0. The van der Waals surface area contributed by atoms with E-state index in [9.17, 15) is 19.2 Å². The van der Waals surface area contributed by atoms with E-state index in [1.54, 1.807) is 0 Å². The van der Waals surface area contributed by atoms with Gasteiger partial charge in [-0.2, -0.15) is 0 Å². The molecule has 0 aromatic carbocycles. The van der Waals surface area contributed by atoms with Gasteiger partial charge in [-0.1, -0.05) is 0 Å². The van der Waals surface area contributed by atoms with Crippen LogP contribution in [0.25, 0.3) is 0 Å². The van der Waals surface area contributed by atoms with Crippen LogP contribution in [0.2, 0.25) is 0 Å². The third kappa shape index (κ3) is 126. The fourth-order valence-corrected chi connectivity index (χ4v) is 1.48. The summed E-state index contributed by atoms with van der Waals surface area (Å²) in [5.74, 6) is -4.91. The van der Waals surface area contributed by atoms with Gasteiger partial charge < -0.3 is 103 Å². The molecule has 0 aliphatic rings. The van der Waals surface area contributed by atoms with Gasteiger partial charge in [0.15, 0.2) is 0 Å². The first kappa shape index (κ1) is 110. The number of nitrogens with zero attached hydrogens (tertiary/aromatic N) is 8. The van der Waals surface area contributed by atoms with Gasteiger partial charge in [-0.05, 0) is 0 Å². The molecule has 0 spiro atoms. The average molecular weight is 865 g/mol. The van der Waals surface area contributed by atoms with Crippen molar-refractivity contribution in [2.24, 2.45) is 0 Å². The second kappa shape index (κ2) is 110. The van der Waals surface area contributed by atoms with Crippen LogP contribution in [0, 0.1) is 71.0 Å². The number of hydrogen-bond donors (Lipinski definition) is 4. The second-order valence-corrected chi connectivity index (χ2v) is 4.00. The van der Waals surface area contributed by atoms with Crippen molar-refractivity contribution in [3.63, 3.8) is 0 Å². The molecular weight excluding hydrogens is 841 g/mol. The molecule has 0 fully saturated rings. The molecule has 0 radical (unpaired) electrons. The molecule has 0 heterocycles. The molecule has 42 heavy (non-hydrogen) atoms. The third-order valence-corrected chi connectivity index (χ3v) is 2.17. The first-order valence-corrected chi connectivity index (χ1v) is 6.86. The van der Waals surface area contributed by atoms with Crippen molar-refractivity contribution in [2.75, 3.05) is 39.3 Å². The molecule has 0 atom stereocenters. The van der Waals surface area contributed by atoms with Crippen LogP contribution < -0.4 is 389 Å². The Balaban J connectivity index is -0.00000000824. The quantitative estimate of drug-likeness (QED) is 0.111. The Hall–Kier alpha value is 8.23. The van der Waals surface area contributed by atoms with Crippen LogP contribution in [0.4, 0.5) is 0 Å². The van der Waals surface area contributed by atoms with Crippen molar-refractivity contribution in [1.29, 1.82) is 31.6 Å². The van der Waals surface area contributed by atoms with E-state index in [0.29, 0.717) is 0 Å². The van der Waals surface area contributed by atoms with Crippen LogP contribution in [0.3, 0.4) is 0 Å². The molecule has 0 saturated carbocycles. The minimum absolute atomic E-state index is 0. The summed E-state index contributed by atoms with van der Waals surface area (Å²) in [6, 6.07) is 0. The number of carboxylic acid groups (broad SMARTS) is 4. The molecule has 0 rings (SSSR count). The van der Waals surface area contributed by atoms with Gasteiger partial charge in [0.25, 0.3) is 0 Å². The summed E-state index contributed by atoms with van der Waals surface area (Å²) >= 11 is 0. The van der Waals surface area contributed by atoms with Gasteiger partial charge in [0.2, 0.25) is 0 Å². The minimum Gasteiger partial charge on any atom is -1.00 e. The van der Waals surface area contributed by atoms with Crippen LogP contribution in [-0.4, -0.2) is 93.4 Å². The van der Waals surface area contributed by atoms with E-state index in [2.05, 4.69) is 0 Å². The molecule has 0 aromatic heterocycles. The summed E-state index contributed by atoms with van der Waals surface area (Å²) in [7, 11) is 0. The Bertz CT molecular complexity index is 587.